The Hall–Kier alpha value is -0.581. The number of ether oxygens (including phenoxy) is 1. The van der Waals surface area contributed by atoms with E-state index in [0.29, 0.717) is 5.69 Å². The molecule has 0 radical (unpaired) electrons. The molecule has 0 saturated carbocycles. The molecule has 1 heterocycles. The van der Waals surface area contributed by atoms with Crippen LogP contribution in [0.4, 0.5) is 0 Å². The molecule has 1 aromatic heterocycles. The molecule has 0 amide bonds. The third-order valence-electron chi connectivity index (χ3n) is 4.96. The molecule has 0 aromatic carbocycles. The molecular weight excluding hydrogens is 405 g/mol. The first-order valence-electron chi connectivity index (χ1n) is 9.69. The predicted molar refractivity (Wildman–Crippen MR) is 105 cm³/mol. The summed E-state index contributed by atoms with van der Waals surface area (Å²) in [7, 11) is 1.43. The summed E-state index contributed by atoms with van der Waals surface area (Å²) in [6.07, 6.45) is 8.99. The molecule has 0 bridgehead atoms. The Kier molecular flexibility index (Phi) is 10.6. The Morgan fingerprint density at radius 1 is 0.958 bits per heavy atom. The molecule has 0 unspecified atom stereocenters. The fraction of sp³-hybridized carbons (Fsp3) is 0.700. The Morgan fingerprint density at radius 3 is 2.08 bits per heavy atom. The number of aromatic nitrogens is 1. The third-order valence-corrected chi connectivity index (χ3v) is 20.1. The van der Waals surface area contributed by atoms with Crippen molar-refractivity contribution in [2.75, 3.05) is 7.11 Å². The molecule has 0 fully saturated rings. The number of methoxy groups -OCH3 is 1. The average Bonchev–Trinajstić information content (AvgIpc) is 2.63. The van der Waals surface area contributed by atoms with Crippen LogP contribution in [0.25, 0.3) is 0 Å². The van der Waals surface area contributed by atoms with Gasteiger partial charge in [-0.15, -0.1) is 0 Å². The van der Waals surface area contributed by atoms with E-state index in [1.165, 1.54) is 69.1 Å². The number of pyridine rings is 1. The minimum atomic E-state index is -2.56. The summed E-state index contributed by atoms with van der Waals surface area (Å²) in [5.41, 5.74) is 0.486. The Labute approximate surface area is 152 Å². The minimum absolute atomic E-state index is 0.309. The van der Waals surface area contributed by atoms with Gasteiger partial charge in [0, 0.05) is 0 Å². The number of unbranched alkanes of at least 4 members (excludes halogenated alkanes) is 4. The number of esters is 1. The molecule has 136 valence electrons. The number of nitrogens with zero attached hydrogens (tertiary/aromatic N) is 1. The zero-order valence-electron chi connectivity index (χ0n) is 16.1. The third kappa shape index (κ3) is 6.38. The Bertz CT molecular complexity index is 482. The van der Waals surface area contributed by atoms with Crippen molar-refractivity contribution in [2.24, 2.45) is 0 Å². The zero-order chi connectivity index (χ0) is 17.8. The van der Waals surface area contributed by atoms with Crippen LogP contribution < -0.4 is 3.71 Å². The van der Waals surface area contributed by atoms with E-state index in [2.05, 4.69) is 26.8 Å². The molecule has 0 saturated heterocycles. The van der Waals surface area contributed by atoms with Crippen molar-refractivity contribution in [1.82, 2.24) is 4.98 Å². The van der Waals surface area contributed by atoms with Crippen LogP contribution >= 0.6 is 0 Å². The van der Waals surface area contributed by atoms with Crippen LogP contribution in [0.3, 0.4) is 0 Å². The van der Waals surface area contributed by atoms with E-state index in [9.17, 15) is 4.79 Å². The van der Waals surface area contributed by atoms with Crippen molar-refractivity contribution in [2.45, 2.75) is 79.0 Å². The number of hydrogen-bond acceptors (Lipinski definition) is 3. The molecule has 0 atom stereocenters. The van der Waals surface area contributed by atoms with E-state index in [4.69, 9.17) is 9.72 Å². The topological polar surface area (TPSA) is 39.2 Å². The summed E-state index contributed by atoms with van der Waals surface area (Å²) >= 11 is -2.56. The summed E-state index contributed by atoms with van der Waals surface area (Å²) in [6.45, 7) is 6.83. The van der Waals surface area contributed by atoms with E-state index in [0.717, 1.165) is 0 Å². The van der Waals surface area contributed by atoms with Gasteiger partial charge in [0.25, 0.3) is 0 Å². The van der Waals surface area contributed by atoms with Crippen LogP contribution in [0, 0.1) is 0 Å². The fourth-order valence-corrected chi connectivity index (χ4v) is 18.6. The maximum atomic E-state index is 11.9. The number of hydrogen-bond donors (Lipinski definition) is 0. The summed E-state index contributed by atoms with van der Waals surface area (Å²) in [6, 6.07) is 6.01. The second kappa shape index (κ2) is 11.9. The van der Waals surface area contributed by atoms with Crippen molar-refractivity contribution in [3.8, 4) is 0 Å². The second-order valence-electron chi connectivity index (χ2n) is 6.84. The van der Waals surface area contributed by atoms with Crippen LogP contribution in [0.15, 0.2) is 18.2 Å². The zero-order valence-corrected chi connectivity index (χ0v) is 18.9. The van der Waals surface area contributed by atoms with Gasteiger partial charge in [0.1, 0.15) is 0 Å². The first-order chi connectivity index (χ1) is 11.6. The van der Waals surface area contributed by atoms with Crippen LogP contribution in [-0.2, 0) is 4.74 Å². The monoisotopic (exact) mass is 441 g/mol. The van der Waals surface area contributed by atoms with Gasteiger partial charge >= 0.3 is 153 Å². The van der Waals surface area contributed by atoms with Crippen LogP contribution in [0.1, 0.15) is 76.2 Å². The number of carbonyl (C=O) groups excluding carboxylic acids is 1. The van der Waals surface area contributed by atoms with E-state index >= 15 is 0 Å². The van der Waals surface area contributed by atoms with Gasteiger partial charge < -0.3 is 0 Å². The second-order valence-corrected chi connectivity index (χ2v) is 19.9. The van der Waals surface area contributed by atoms with Gasteiger partial charge in [-0.25, -0.2) is 0 Å². The van der Waals surface area contributed by atoms with Crippen LogP contribution in [0.2, 0.25) is 13.3 Å². The fourth-order valence-electron chi connectivity index (χ4n) is 3.45. The van der Waals surface area contributed by atoms with Crippen molar-refractivity contribution in [3.05, 3.63) is 23.9 Å². The first-order valence-corrected chi connectivity index (χ1v) is 17.2. The van der Waals surface area contributed by atoms with Crippen LogP contribution in [-0.4, -0.2) is 36.4 Å². The van der Waals surface area contributed by atoms with Crippen molar-refractivity contribution < 1.29 is 9.53 Å². The van der Waals surface area contributed by atoms with Gasteiger partial charge in [-0.05, 0) is 0 Å². The standard InChI is InChI=1S/C7H6NO2.C5H11.2C4H9.Sn/c1-10-7(9)6-4-2-3-5-8-6;1-3-5-4-2;2*1-3-4-2;/h2-4H,1H3;1,3-5H2,2H3;2*1,3-4H2,2H3;. The molecule has 1 rings (SSSR count). The van der Waals surface area contributed by atoms with Gasteiger partial charge in [0.05, 0.1) is 0 Å². The molecule has 0 spiro atoms. The molecule has 24 heavy (non-hydrogen) atoms. The molecule has 1 aromatic rings. The maximum absolute atomic E-state index is 11.9. The first kappa shape index (κ1) is 21.5. The Morgan fingerprint density at radius 2 is 1.54 bits per heavy atom. The van der Waals surface area contributed by atoms with E-state index < -0.39 is 18.4 Å². The summed E-state index contributed by atoms with van der Waals surface area (Å²) in [5, 5.41) is 0. The van der Waals surface area contributed by atoms with Gasteiger partial charge in [-0.1, -0.05) is 0 Å². The van der Waals surface area contributed by atoms with Gasteiger partial charge in [0.2, 0.25) is 0 Å². The molecule has 0 aliphatic carbocycles. The number of rotatable bonds is 12. The average molecular weight is 440 g/mol. The van der Waals surface area contributed by atoms with E-state index in [1.807, 2.05) is 6.07 Å². The molecule has 0 N–H and O–H groups in total. The van der Waals surface area contributed by atoms with Crippen molar-refractivity contribution in [3.63, 3.8) is 0 Å². The Balaban J connectivity index is 3.17. The number of carbonyl (C=O) groups is 1. The van der Waals surface area contributed by atoms with E-state index in [-0.39, 0.29) is 5.97 Å². The predicted octanol–water partition coefficient (Wildman–Crippen LogP) is 5.31. The summed E-state index contributed by atoms with van der Waals surface area (Å²) in [4.78, 5) is 16.7. The quantitative estimate of drug-likeness (QED) is 0.251. The summed E-state index contributed by atoms with van der Waals surface area (Å²) in [5.74, 6) is -0.309. The van der Waals surface area contributed by atoms with Gasteiger partial charge in [-0.3, -0.25) is 0 Å². The summed E-state index contributed by atoms with van der Waals surface area (Å²) < 4.78 is 10.3. The molecule has 0 aliphatic rings. The molecule has 3 nitrogen and oxygen atoms in total. The van der Waals surface area contributed by atoms with Crippen molar-refractivity contribution >= 4 is 28.1 Å². The van der Waals surface area contributed by atoms with Crippen LogP contribution in [0.5, 0.6) is 0 Å². The molecule has 4 heteroatoms. The van der Waals surface area contributed by atoms with Crippen molar-refractivity contribution in [1.29, 1.82) is 0 Å². The SMILES string of the molecule is CCCC[CH2][Sn]([CH2]CCC)([CH2]CCC)[c]1cccc(C(=O)OC)n1. The molecular formula is C20H35NO2Sn. The van der Waals surface area contributed by atoms with E-state index in [1.54, 1.807) is 6.07 Å². The van der Waals surface area contributed by atoms with Gasteiger partial charge in [0.15, 0.2) is 0 Å². The van der Waals surface area contributed by atoms with Gasteiger partial charge in [-0.2, -0.15) is 0 Å². The molecule has 0 aliphatic heterocycles. The normalized spacial score (nSPS) is 11.5.